The quantitative estimate of drug-likeness (QED) is 0.523. The van der Waals surface area contributed by atoms with Crippen LogP contribution in [0.1, 0.15) is 6.42 Å². The number of benzene rings is 1. The zero-order chi connectivity index (χ0) is 20.5. The summed E-state index contributed by atoms with van der Waals surface area (Å²) in [7, 11) is 0. The molecule has 1 aromatic carbocycles. The van der Waals surface area contributed by atoms with Crippen molar-refractivity contribution in [2.75, 3.05) is 23.3 Å². The van der Waals surface area contributed by atoms with Crippen molar-refractivity contribution in [3.05, 3.63) is 53.9 Å². The third-order valence-corrected chi connectivity index (χ3v) is 5.62. The minimum atomic E-state index is -0.302. The van der Waals surface area contributed by atoms with E-state index in [-0.39, 0.29) is 17.9 Å². The van der Waals surface area contributed by atoms with E-state index in [1.165, 1.54) is 23.5 Å². The molecule has 0 bridgehead atoms. The van der Waals surface area contributed by atoms with E-state index in [9.17, 15) is 9.18 Å². The second-order valence-corrected chi connectivity index (χ2v) is 7.76. The van der Waals surface area contributed by atoms with Crippen LogP contribution >= 0.6 is 11.3 Å². The number of thiazole rings is 1. The number of hydrogen-bond donors (Lipinski definition) is 2. The Morgan fingerprint density at radius 2 is 2.07 bits per heavy atom. The van der Waals surface area contributed by atoms with Crippen molar-refractivity contribution in [2.24, 2.45) is 0 Å². The summed E-state index contributed by atoms with van der Waals surface area (Å²) in [6, 6.07) is 9.55. The van der Waals surface area contributed by atoms with Gasteiger partial charge in [-0.1, -0.05) is 0 Å². The Morgan fingerprint density at radius 3 is 2.93 bits per heavy atom. The SMILES string of the molecule is O=C(Nc1nc(-c2ccc(F)cc2)cs1)N[C@@H]1CCN(c2ccc3nncn3n2)C1. The summed E-state index contributed by atoms with van der Waals surface area (Å²) in [4.78, 5) is 18.9. The molecule has 1 fully saturated rings. The number of rotatable bonds is 4. The maximum Gasteiger partial charge on any atom is 0.321 e. The van der Waals surface area contributed by atoms with Crippen molar-refractivity contribution < 1.29 is 9.18 Å². The van der Waals surface area contributed by atoms with Gasteiger partial charge < -0.3 is 10.2 Å². The molecule has 152 valence electrons. The van der Waals surface area contributed by atoms with Crippen molar-refractivity contribution in [3.63, 3.8) is 0 Å². The van der Waals surface area contributed by atoms with Gasteiger partial charge in [-0.15, -0.1) is 26.6 Å². The number of aromatic nitrogens is 5. The summed E-state index contributed by atoms with van der Waals surface area (Å²) < 4.78 is 14.7. The first-order valence-electron chi connectivity index (χ1n) is 9.35. The van der Waals surface area contributed by atoms with Crippen LogP contribution in [-0.4, -0.2) is 50.0 Å². The van der Waals surface area contributed by atoms with Crippen LogP contribution < -0.4 is 15.5 Å². The number of halogens is 1. The molecule has 1 saturated heterocycles. The molecular weight excluding hydrogens is 407 g/mol. The summed E-state index contributed by atoms with van der Waals surface area (Å²) in [5, 5.41) is 20.3. The molecule has 0 unspecified atom stereocenters. The van der Waals surface area contributed by atoms with Gasteiger partial charge in [-0.25, -0.2) is 14.2 Å². The number of carbonyl (C=O) groups is 1. The van der Waals surface area contributed by atoms with Crippen LogP contribution in [-0.2, 0) is 0 Å². The van der Waals surface area contributed by atoms with Gasteiger partial charge in [0.25, 0.3) is 0 Å². The lowest BCUT2D eigenvalue weighted by atomic mass is 10.2. The fourth-order valence-electron chi connectivity index (χ4n) is 3.38. The van der Waals surface area contributed by atoms with E-state index in [1.54, 1.807) is 23.0 Å². The molecule has 4 aromatic rings. The van der Waals surface area contributed by atoms with Crippen molar-refractivity contribution in [3.8, 4) is 11.3 Å². The van der Waals surface area contributed by atoms with Crippen molar-refractivity contribution in [2.45, 2.75) is 12.5 Å². The second-order valence-electron chi connectivity index (χ2n) is 6.90. The van der Waals surface area contributed by atoms with E-state index >= 15 is 0 Å². The van der Waals surface area contributed by atoms with Gasteiger partial charge in [0.05, 0.1) is 5.69 Å². The van der Waals surface area contributed by atoms with Gasteiger partial charge >= 0.3 is 6.03 Å². The summed E-state index contributed by atoms with van der Waals surface area (Å²) in [5.74, 6) is 0.519. The number of hydrogen-bond acceptors (Lipinski definition) is 7. The van der Waals surface area contributed by atoms with Crippen LogP contribution in [0.15, 0.2) is 48.1 Å². The molecule has 0 saturated carbocycles. The number of nitrogens with one attached hydrogen (secondary N) is 2. The second kappa shape index (κ2) is 7.67. The largest absolute Gasteiger partial charge is 0.353 e. The molecular formula is C19H17FN8OS. The Morgan fingerprint density at radius 1 is 1.20 bits per heavy atom. The predicted octanol–water partition coefficient (Wildman–Crippen LogP) is 2.79. The lowest BCUT2D eigenvalue weighted by Crippen LogP contribution is -2.39. The maximum absolute atomic E-state index is 13.1. The number of fused-ring (bicyclic) bond motifs is 1. The molecule has 2 N–H and O–H groups in total. The summed E-state index contributed by atoms with van der Waals surface area (Å²) in [6.07, 6.45) is 2.38. The van der Waals surface area contributed by atoms with E-state index in [2.05, 4.69) is 35.8 Å². The van der Waals surface area contributed by atoms with E-state index in [1.807, 2.05) is 17.5 Å². The summed E-state index contributed by atoms with van der Waals surface area (Å²) >= 11 is 1.32. The van der Waals surface area contributed by atoms with E-state index in [4.69, 9.17) is 0 Å². The first-order chi connectivity index (χ1) is 14.6. The fraction of sp³-hybridized carbons (Fsp3) is 0.211. The summed E-state index contributed by atoms with van der Waals surface area (Å²) in [5.41, 5.74) is 2.18. The highest BCUT2D eigenvalue weighted by Crippen LogP contribution is 2.25. The first-order valence-corrected chi connectivity index (χ1v) is 10.2. The number of carbonyl (C=O) groups excluding carboxylic acids is 1. The predicted molar refractivity (Wildman–Crippen MR) is 111 cm³/mol. The molecule has 5 rings (SSSR count). The average Bonchev–Trinajstić information content (AvgIpc) is 3.48. The molecule has 1 atom stereocenters. The molecule has 1 aliphatic heterocycles. The van der Waals surface area contributed by atoms with Crippen LogP contribution in [0, 0.1) is 5.82 Å². The molecule has 3 aromatic heterocycles. The van der Waals surface area contributed by atoms with Crippen LogP contribution in [0.25, 0.3) is 16.9 Å². The molecule has 0 aliphatic carbocycles. The number of anilines is 2. The fourth-order valence-corrected chi connectivity index (χ4v) is 4.09. The highest BCUT2D eigenvalue weighted by atomic mass is 32.1. The monoisotopic (exact) mass is 424 g/mol. The van der Waals surface area contributed by atoms with E-state index in [0.29, 0.717) is 23.0 Å². The van der Waals surface area contributed by atoms with Gasteiger partial charge in [0.15, 0.2) is 10.8 Å². The Kier molecular flexibility index (Phi) is 4.71. The van der Waals surface area contributed by atoms with Gasteiger partial charge in [0.2, 0.25) is 0 Å². The van der Waals surface area contributed by atoms with Gasteiger partial charge in [-0.05, 0) is 42.8 Å². The van der Waals surface area contributed by atoms with E-state index in [0.717, 1.165) is 24.3 Å². The topological polar surface area (TPSA) is 100 Å². The molecule has 9 nitrogen and oxygen atoms in total. The third-order valence-electron chi connectivity index (χ3n) is 4.86. The minimum Gasteiger partial charge on any atom is -0.353 e. The Balaban J connectivity index is 1.18. The van der Waals surface area contributed by atoms with Gasteiger partial charge in [-0.2, -0.15) is 4.52 Å². The lowest BCUT2D eigenvalue weighted by Gasteiger charge is -2.17. The molecule has 11 heteroatoms. The van der Waals surface area contributed by atoms with Crippen molar-refractivity contribution in [1.82, 2.24) is 30.1 Å². The molecule has 2 amide bonds. The van der Waals surface area contributed by atoms with Crippen LogP contribution in [0.4, 0.5) is 20.1 Å². The van der Waals surface area contributed by atoms with Crippen molar-refractivity contribution >= 4 is 34.0 Å². The Bertz CT molecular complexity index is 1190. The zero-order valence-electron chi connectivity index (χ0n) is 15.7. The third kappa shape index (κ3) is 3.79. The van der Waals surface area contributed by atoms with Gasteiger partial charge in [0, 0.05) is 30.1 Å². The number of nitrogens with zero attached hydrogens (tertiary/aromatic N) is 6. The molecule has 0 spiro atoms. The number of urea groups is 1. The van der Waals surface area contributed by atoms with Gasteiger partial charge in [0.1, 0.15) is 18.0 Å². The maximum atomic E-state index is 13.1. The average molecular weight is 424 g/mol. The van der Waals surface area contributed by atoms with Gasteiger partial charge in [-0.3, -0.25) is 5.32 Å². The van der Waals surface area contributed by atoms with Crippen LogP contribution in [0.5, 0.6) is 0 Å². The minimum absolute atomic E-state index is 0.0000552. The highest BCUT2D eigenvalue weighted by molar-refractivity contribution is 7.14. The Labute approximate surface area is 174 Å². The standard InChI is InChI=1S/C19H17FN8OS/c20-13-3-1-12(2-4-13)15-10-30-19(23-15)24-18(29)22-14-7-8-27(9-14)17-6-5-16-25-21-11-28(16)26-17/h1-6,10-11,14H,7-9H2,(H2,22,23,24,29)/t14-/m1/s1. The Hall–Kier alpha value is -3.60. The molecule has 30 heavy (non-hydrogen) atoms. The summed E-state index contributed by atoms with van der Waals surface area (Å²) in [6.45, 7) is 1.45. The van der Waals surface area contributed by atoms with Crippen LogP contribution in [0.2, 0.25) is 0 Å². The van der Waals surface area contributed by atoms with E-state index < -0.39 is 0 Å². The van der Waals surface area contributed by atoms with Crippen molar-refractivity contribution in [1.29, 1.82) is 0 Å². The number of amides is 2. The normalized spacial score (nSPS) is 16.2. The highest BCUT2D eigenvalue weighted by Gasteiger charge is 2.25. The molecule has 0 radical (unpaired) electrons. The zero-order valence-corrected chi connectivity index (χ0v) is 16.5. The lowest BCUT2D eigenvalue weighted by molar-refractivity contribution is 0.249. The smallest absolute Gasteiger partial charge is 0.321 e. The molecule has 1 aliphatic rings. The van der Waals surface area contributed by atoms with Crippen LogP contribution in [0.3, 0.4) is 0 Å². The molecule has 4 heterocycles. The first kappa shape index (κ1) is 18.4.